The van der Waals surface area contributed by atoms with Gasteiger partial charge in [-0.2, -0.15) is 0 Å². The zero-order valence-electron chi connectivity index (χ0n) is 18.6. The maximum atomic E-state index is 12.1. The van der Waals surface area contributed by atoms with Crippen molar-refractivity contribution in [2.45, 2.75) is 71.7 Å². The van der Waals surface area contributed by atoms with Gasteiger partial charge in [-0.15, -0.1) is 0 Å². The first-order valence-corrected chi connectivity index (χ1v) is 8.78. The van der Waals surface area contributed by atoms with E-state index in [4.69, 9.17) is 6.85 Å². The maximum Gasteiger partial charge on any atom is 0.155 e. The van der Waals surface area contributed by atoms with Gasteiger partial charge in [-0.3, -0.25) is 4.79 Å². The van der Waals surface area contributed by atoms with Crippen LogP contribution in [0.3, 0.4) is 0 Å². The lowest BCUT2D eigenvalue weighted by Gasteiger charge is -2.57. The number of carbonyl (C=O) groups is 1. The third kappa shape index (κ3) is 1.79. The molecule has 4 aliphatic carbocycles. The van der Waals surface area contributed by atoms with Crippen molar-refractivity contribution < 1.29 is 16.8 Å². The molecule has 0 aliphatic heterocycles. The highest BCUT2D eigenvalue weighted by Gasteiger charge is 2.60. The minimum atomic E-state index is -2.50. The molecule has 1 N–H and O–H groups in total. The first-order valence-electron chi connectivity index (χ1n) is 11.3. The van der Waals surface area contributed by atoms with Gasteiger partial charge in [-0.05, 0) is 79.1 Å². The van der Waals surface area contributed by atoms with Crippen molar-refractivity contribution >= 4 is 5.78 Å². The molecule has 0 saturated heterocycles. The number of rotatable bonds is 0. The van der Waals surface area contributed by atoms with Gasteiger partial charge in [0.15, 0.2) is 5.78 Å². The molecule has 0 spiro atoms. The second-order valence-electron chi connectivity index (χ2n) is 8.42. The number of ketones is 1. The van der Waals surface area contributed by atoms with E-state index < -0.39 is 18.6 Å². The van der Waals surface area contributed by atoms with Gasteiger partial charge in [0.05, 0.1) is 6.10 Å². The van der Waals surface area contributed by atoms with Crippen molar-refractivity contribution in [3.63, 3.8) is 0 Å². The van der Waals surface area contributed by atoms with E-state index in [2.05, 4.69) is 13.8 Å². The molecule has 122 valence electrons. The summed E-state index contributed by atoms with van der Waals surface area (Å²) in [4.78, 5) is 12.1. The number of carbonyl (C=O) groups excluding carboxylic acids is 1. The Kier molecular flexibility index (Phi) is 2.19. The molecule has 3 fully saturated rings. The molecule has 4 aliphatic rings. The molecule has 2 heteroatoms. The summed E-state index contributed by atoms with van der Waals surface area (Å²) in [5.74, 6) is -0.105. The number of hydrogen-bond acceptors (Lipinski definition) is 2. The molecule has 0 aromatic carbocycles. The summed E-state index contributed by atoms with van der Waals surface area (Å²) in [5.41, 5.74) is -1.27. The summed E-state index contributed by atoms with van der Waals surface area (Å²) in [7, 11) is 0. The van der Waals surface area contributed by atoms with Crippen LogP contribution in [0, 0.1) is 34.5 Å². The van der Waals surface area contributed by atoms with E-state index in [-0.39, 0.29) is 47.4 Å². The minimum Gasteiger partial charge on any atom is -0.392 e. The smallest absolute Gasteiger partial charge is 0.155 e. The quantitative estimate of drug-likeness (QED) is 0.731. The number of allylic oxidation sites excluding steroid dienone is 1. The zero-order valence-corrected chi connectivity index (χ0v) is 13.6. The number of fused-ring (bicyclic) bond motifs is 5. The van der Waals surface area contributed by atoms with Crippen LogP contribution in [0.25, 0.3) is 0 Å². The number of aliphatic hydroxyl groups excluding tert-OH is 1. The molecule has 22 heavy (non-hydrogen) atoms. The fourth-order valence-electron chi connectivity index (χ4n) is 6.23. The molecule has 0 bridgehead atoms. The second kappa shape index (κ2) is 4.69. The van der Waals surface area contributed by atoms with Gasteiger partial charge in [-0.25, -0.2) is 0 Å². The molecule has 0 heterocycles. The van der Waals surface area contributed by atoms with Gasteiger partial charge < -0.3 is 5.11 Å². The van der Waals surface area contributed by atoms with E-state index in [0.717, 1.165) is 19.3 Å². The van der Waals surface area contributed by atoms with Gasteiger partial charge in [0, 0.05) is 13.3 Å². The van der Waals surface area contributed by atoms with Gasteiger partial charge in [0.25, 0.3) is 0 Å². The maximum absolute atomic E-state index is 12.1. The predicted octanol–water partition coefficient (Wildman–Crippen LogP) is 4.13. The molecule has 4 rings (SSSR count). The lowest BCUT2D eigenvalue weighted by atomic mass is 9.47. The van der Waals surface area contributed by atoms with Crippen LogP contribution in [0.4, 0.5) is 0 Å². The van der Waals surface area contributed by atoms with E-state index in [9.17, 15) is 9.90 Å². The Labute approximate surface area is 141 Å². The molecule has 2 nitrogen and oxygen atoms in total. The lowest BCUT2D eigenvalue weighted by molar-refractivity contribution is -0.118. The van der Waals surface area contributed by atoms with Gasteiger partial charge in [0.2, 0.25) is 0 Å². The highest BCUT2D eigenvalue weighted by molar-refractivity contribution is 5.91. The Morgan fingerprint density at radius 1 is 1.36 bits per heavy atom. The second-order valence-corrected chi connectivity index (χ2v) is 8.42. The summed E-state index contributed by atoms with van der Waals surface area (Å²) in [6.07, 6.45) is 2.11. The van der Waals surface area contributed by atoms with Crippen molar-refractivity contribution in [3.05, 3.63) is 11.6 Å². The third-order valence-electron chi connectivity index (χ3n) is 7.40. The van der Waals surface area contributed by atoms with E-state index in [1.54, 1.807) is 0 Å². The van der Waals surface area contributed by atoms with Crippen LogP contribution in [-0.4, -0.2) is 17.0 Å². The molecule has 0 amide bonds. The van der Waals surface area contributed by atoms with Crippen molar-refractivity contribution in [1.29, 1.82) is 0 Å². The molecule has 0 aromatic rings. The Hall–Kier alpha value is -0.630. The van der Waals surface area contributed by atoms with Crippen molar-refractivity contribution in [1.82, 2.24) is 0 Å². The Bertz CT molecular complexity index is 699. The van der Waals surface area contributed by atoms with Gasteiger partial charge in [0.1, 0.15) is 0 Å². The van der Waals surface area contributed by atoms with Gasteiger partial charge in [-0.1, -0.05) is 26.3 Å². The zero-order chi connectivity index (χ0) is 20.0. The van der Waals surface area contributed by atoms with Gasteiger partial charge >= 0.3 is 0 Å². The normalized spacial score (nSPS) is 60.5. The summed E-state index contributed by atoms with van der Waals surface area (Å²) in [6.45, 7) is 1.70. The monoisotopic (exact) mass is 307 g/mol. The van der Waals surface area contributed by atoms with E-state index in [1.165, 1.54) is 6.08 Å². The predicted molar refractivity (Wildman–Crippen MR) is 87.3 cm³/mol. The Morgan fingerprint density at radius 3 is 2.95 bits per heavy atom. The number of hydrogen-bond donors (Lipinski definition) is 1. The molecule has 1 unspecified atom stereocenters. The van der Waals surface area contributed by atoms with Crippen LogP contribution >= 0.6 is 0 Å². The molecule has 3 saturated carbocycles. The lowest BCUT2D eigenvalue weighted by Crippen LogP contribution is -2.51. The Balaban J connectivity index is 1.86. The SMILES string of the molecule is [2H]C([2H])([2H])[C@@]12C(=CC(=O)CC1([2H])[2H])CC[C@H]1[C@@H]3CC(C)[C@H](O)[C@@]3(C)CC[C@@H]12. The molecular weight excluding hydrogens is 272 g/mol. The van der Waals surface area contributed by atoms with Crippen LogP contribution in [0.15, 0.2) is 11.6 Å². The van der Waals surface area contributed by atoms with Crippen molar-refractivity contribution in [3.8, 4) is 0 Å². The number of aliphatic hydroxyl groups is 1. The molecular formula is C20H30O2. The fraction of sp³-hybridized carbons (Fsp3) is 0.850. The minimum absolute atomic E-state index is 0.0872. The topological polar surface area (TPSA) is 37.3 Å². The van der Waals surface area contributed by atoms with E-state index >= 15 is 0 Å². The summed E-state index contributed by atoms with van der Waals surface area (Å²) in [5, 5.41) is 10.8. The Morgan fingerprint density at radius 2 is 2.18 bits per heavy atom. The average molecular weight is 307 g/mol. The van der Waals surface area contributed by atoms with Crippen LogP contribution < -0.4 is 0 Å². The van der Waals surface area contributed by atoms with Crippen molar-refractivity contribution in [2.75, 3.05) is 0 Å². The van der Waals surface area contributed by atoms with E-state index in [0.29, 0.717) is 18.4 Å². The standard InChI is InChI=1S/C20H30O2/c1-12-10-17-15-5-4-13-11-14(21)6-8-19(13,2)16(15)7-9-20(17,3)18(12)22/h11-12,15-18,22H,4-10H2,1-3H3/t12?,15-,16+,17+,18+,19+,20+/m1/s1/i2D3,8D2. The van der Waals surface area contributed by atoms with Crippen LogP contribution in [0.1, 0.15) is 72.5 Å². The summed E-state index contributed by atoms with van der Waals surface area (Å²) < 4.78 is 42.6. The highest BCUT2D eigenvalue weighted by Crippen LogP contribution is 2.65. The van der Waals surface area contributed by atoms with Crippen LogP contribution in [0.2, 0.25) is 0 Å². The first-order chi connectivity index (χ1) is 12.4. The third-order valence-corrected chi connectivity index (χ3v) is 7.40. The summed E-state index contributed by atoms with van der Waals surface area (Å²) in [6, 6.07) is 0. The molecule has 0 radical (unpaired) electrons. The average Bonchev–Trinajstić information content (AvgIpc) is 2.76. The fourth-order valence-corrected chi connectivity index (χ4v) is 6.23. The largest absolute Gasteiger partial charge is 0.392 e. The highest BCUT2D eigenvalue weighted by atomic mass is 16.3. The van der Waals surface area contributed by atoms with E-state index in [1.807, 2.05) is 0 Å². The molecule has 0 aromatic heterocycles. The van der Waals surface area contributed by atoms with Crippen molar-refractivity contribution in [2.24, 2.45) is 34.5 Å². The first kappa shape index (κ1) is 10.3. The molecule has 7 atom stereocenters. The van der Waals surface area contributed by atoms with Crippen LogP contribution in [0.5, 0.6) is 0 Å². The summed E-state index contributed by atoms with van der Waals surface area (Å²) >= 11 is 0. The van der Waals surface area contributed by atoms with Crippen LogP contribution in [-0.2, 0) is 4.79 Å².